The van der Waals surface area contributed by atoms with Crippen LogP contribution in [0.5, 0.6) is 0 Å². The van der Waals surface area contributed by atoms with Crippen LogP contribution in [-0.4, -0.2) is 39.2 Å². The van der Waals surface area contributed by atoms with Gasteiger partial charge < -0.3 is 18.6 Å². The second-order valence-electron chi connectivity index (χ2n) is 7.95. The maximum absolute atomic E-state index is 12.3. The Balaban J connectivity index is 1.79. The van der Waals surface area contributed by atoms with E-state index in [1.165, 1.54) is 0 Å². The van der Waals surface area contributed by atoms with Crippen LogP contribution in [0.1, 0.15) is 32.6 Å². The second kappa shape index (κ2) is 6.26. The summed E-state index contributed by atoms with van der Waals surface area (Å²) in [5.41, 5.74) is 0.936. The first-order valence-electron chi connectivity index (χ1n) is 8.39. The number of esters is 1. The van der Waals surface area contributed by atoms with Gasteiger partial charge in [-0.25, -0.2) is 4.79 Å². The highest BCUT2D eigenvalue weighted by Crippen LogP contribution is 2.41. The molecule has 4 atom stereocenters. The van der Waals surface area contributed by atoms with Crippen molar-refractivity contribution >= 4 is 14.3 Å². The van der Waals surface area contributed by atoms with Gasteiger partial charge in [0.15, 0.2) is 20.7 Å². The fourth-order valence-electron chi connectivity index (χ4n) is 2.66. The van der Waals surface area contributed by atoms with E-state index in [-0.39, 0.29) is 23.7 Å². The minimum atomic E-state index is -2.13. The molecule has 0 aliphatic carbocycles. The highest BCUT2D eigenvalue weighted by Gasteiger charge is 2.52. The molecule has 0 bridgehead atoms. The molecule has 0 N–H and O–H groups in total. The Labute approximate surface area is 144 Å². The first-order valence-corrected chi connectivity index (χ1v) is 11.3. The highest BCUT2D eigenvalue weighted by molar-refractivity contribution is 6.74. The van der Waals surface area contributed by atoms with E-state index in [4.69, 9.17) is 18.6 Å². The zero-order chi connectivity index (χ0) is 17.5. The van der Waals surface area contributed by atoms with Crippen LogP contribution < -0.4 is 0 Å². The van der Waals surface area contributed by atoms with Crippen molar-refractivity contribution in [3.8, 4) is 0 Å². The molecule has 1 aromatic carbocycles. The third-order valence-corrected chi connectivity index (χ3v) is 9.62. The smallest absolute Gasteiger partial charge is 0.336 e. The zero-order valence-electron chi connectivity index (χ0n) is 14.9. The number of cyclic esters (lactones) is 1. The molecule has 0 saturated carbocycles. The maximum Gasteiger partial charge on any atom is 0.336 e. The first kappa shape index (κ1) is 17.6. The van der Waals surface area contributed by atoms with Crippen LogP contribution in [0.2, 0.25) is 18.1 Å². The molecular formula is C18H26O5Si. The number of rotatable bonds is 3. The normalized spacial score (nSPS) is 30.8. The minimum absolute atomic E-state index is 0.00147. The fraction of sp³-hybridized carbons (Fsp3) is 0.611. The number of carbonyl (C=O) groups excluding carboxylic acids is 1. The van der Waals surface area contributed by atoms with E-state index < -0.39 is 26.8 Å². The van der Waals surface area contributed by atoms with Gasteiger partial charge in [-0.05, 0) is 18.1 Å². The molecule has 0 radical (unpaired) electrons. The van der Waals surface area contributed by atoms with Crippen molar-refractivity contribution in [2.75, 3.05) is 6.61 Å². The highest BCUT2D eigenvalue weighted by atomic mass is 28.4. The summed E-state index contributed by atoms with van der Waals surface area (Å²) in [7, 11) is -2.13. The molecule has 6 heteroatoms. The van der Waals surface area contributed by atoms with Crippen molar-refractivity contribution in [3.63, 3.8) is 0 Å². The van der Waals surface area contributed by atoms with Gasteiger partial charge in [-0.2, -0.15) is 0 Å². The van der Waals surface area contributed by atoms with E-state index in [9.17, 15) is 4.79 Å². The topological polar surface area (TPSA) is 54.0 Å². The average Bonchev–Trinajstić information content (AvgIpc) is 2.94. The Kier molecular flexibility index (Phi) is 4.59. The summed E-state index contributed by atoms with van der Waals surface area (Å²) in [5.74, 6) is -0.349. The van der Waals surface area contributed by atoms with Gasteiger partial charge in [0.25, 0.3) is 0 Å². The Morgan fingerprint density at radius 2 is 1.79 bits per heavy atom. The van der Waals surface area contributed by atoms with Crippen molar-refractivity contribution in [2.45, 2.75) is 63.5 Å². The standard InChI is InChI=1S/C18H26O5Si/c1-18(2,3)24(4,5)23-15-14-13(11-20-16(15)19)21-17(22-14)12-9-7-6-8-10-12/h6-10,13-15,17H,11H2,1-5H3/t13-,14-,15-,17?/m1/s1. The monoisotopic (exact) mass is 350 g/mol. The van der Waals surface area contributed by atoms with Gasteiger partial charge in [0.1, 0.15) is 18.8 Å². The molecule has 2 saturated heterocycles. The molecule has 3 rings (SSSR count). The van der Waals surface area contributed by atoms with E-state index >= 15 is 0 Å². The summed E-state index contributed by atoms with van der Waals surface area (Å²) >= 11 is 0. The maximum atomic E-state index is 12.3. The largest absolute Gasteiger partial charge is 0.461 e. The predicted molar refractivity (Wildman–Crippen MR) is 92.0 cm³/mol. The fourth-order valence-corrected chi connectivity index (χ4v) is 3.87. The number of benzene rings is 1. The third kappa shape index (κ3) is 3.28. The van der Waals surface area contributed by atoms with Crippen LogP contribution in [0.3, 0.4) is 0 Å². The lowest BCUT2D eigenvalue weighted by Gasteiger charge is -2.41. The number of hydrogen-bond donors (Lipinski definition) is 0. The number of carbonyl (C=O) groups is 1. The molecule has 1 unspecified atom stereocenters. The summed E-state index contributed by atoms with van der Waals surface area (Å²) in [4.78, 5) is 12.3. The van der Waals surface area contributed by atoms with Crippen LogP contribution in [0.25, 0.3) is 0 Å². The minimum Gasteiger partial charge on any atom is -0.461 e. The van der Waals surface area contributed by atoms with Crippen molar-refractivity contribution in [1.29, 1.82) is 0 Å². The summed E-state index contributed by atoms with van der Waals surface area (Å²) in [5, 5.41) is -0.00147. The Bertz CT molecular complexity index is 595. The van der Waals surface area contributed by atoms with E-state index in [1.807, 2.05) is 30.3 Å². The lowest BCUT2D eigenvalue weighted by Crippen LogP contribution is -2.56. The Morgan fingerprint density at radius 3 is 2.42 bits per heavy atom. The molecule has 2 heterocycles. The molecule has 0 spiro atoms. The van der Waals surface area contributed by atoms with Gasteiger partial charge in [0.05, 0.1) is 0 Å². The first-order chi connectivity index (χ1) is 11.2. The Hall–Kier alpha value is -1.21. The van der Waals surface area contributed by atoms with E-state index in [1.54, 1.807) is 0 Å². The second-order valence-corrected chi connectivity index (χ2v) is 12.7. The molecule has 1 aromatic rings. The quantitative estimate of drug-likeness (QED) is 0.618. The average molecular weight is 350 g/mol. The van der Waals surface area contributed by atoms with Crippen LogP contribution in [0.15, 0.2) is 30.3 Å². The number of hydrogen-bond acceptors (Lipinski definition) is 5. The van der Waals surface area contributed by atoms with Gasteiger partial charge in [-0.3, -0.25) is 0 Å². The molecule has 0 amide bonds. The van der Waals surface area contributed by atoms with Gasteiger partial charge in [-0.15, -0.1) is 0 Å². The molecule has 132 valence electrons. The van der Waals surface area contributed by atoms with E-state index in [0.717, 1.165) is 5.56 Å². The van der Waals surface area contributed by atoms with E-state index in [2.05, 4.69) is 33.9 Å². The van der Waals surface area contributed by atoms with Crippen molar-refractivity contribution in [2.24, 2.45) is 0 Å². The molecule has 2 aliphatic rings. The van der Waals surface area contributed by atoms with Gasteiger partial charge in [0, 0.05) is 5.56 Å². The summed E-state index contributed by atoms with van der Waals surface area (Å²) in [6, 6.07) is 9.73. The van der Waals surface area contributed by atoms with Gasteiger partial charge >= 0.3 is 5.97 Å². The molecule has 24 heavy (non-hydrogen) atoms. The molecule has 0 aromatic heterocycles. The van der Waals surface area contributed by atoms with Crippen LogP contribution >= 0.6 is 0 Å². The van der Waals surface area contributed by atoms with E-state index in [0.29, 0.717) is 0 Å². The summed E-state index contributed by atoms with van der Waals surface area (Å²) in [6.45, 7) is 10.9. The van der Waals surface area contributed by atoms with Gasteiger partial charge in [0.2, 0.25) is 0 Å². The molecule has 2 fully saturated rings. The van der Waals surface area contributed by atoms with Gasteiger partial charge in [-0.1, -0.05) is 51.1 Å². The van der Waals surface area contributed by atoms with Crippen molar-refractivity contribution in [3.05, 3.63) is 35.9 Å². The summed E-state index contributed by atoms with van der Waals surface area (Å²) in [6.07, 6.45) is -1.92. The molecule has 2 aliphatic heterocycles. The number of ether oxygens (including phenoxy) is 3. The lowest BCUT2D eigenvalue weighted by atomic mass is 10.1. The SMILES string of the molecule is CC(C)(C)[Si](C)(C)O[C@H]1C(=O)OC[C@H]2OC(c3ccccc3)O[C@H]21. The Morgan fingerprint density at radius 1 is 1.12 bits per heavy atom. The van der Waals surface area contributed by atoms with Crippen molar-refractivity contribution < 1.29 is 23.4 Å². The number of fused-ring (bicyclic) bond motifs is 1. The van der Waals surface area contributed by atoms with Crippen molar-refractivity contribution in [1.82, 2.24) is 0 Å². The van der Waals surface area contributed by atoms with Crippen LogP contribution in [-0.2, 0) is 23.4 Å². The molecule has 5 nitrogen and oxygen atoms in total. The predicted octanol–water partition coefficient (Wildman–Crippen LogP) is 3.42. The van der Waals surface area contributed by atoms with Crippen LogP contribution in [0, 0.1) is 0 Å². The third-order valence-electron chi connectivity index (χ3n) is 5.17. The lowest BCUT2D eigenvalue weighted by molar-refractivity contribution is -0.171. The summed E-state index contributed by atoms with van der Waals surface area (Å²) < 4.78 is 23.6. The molecular weight excluding hydrogens is 324 g/mol. The zero-order valence-corrected chi connectivity index (χ0v) is 15.9. The van der Waals surface area contributed by atoms with Crippen LogP contribution in [0.4, 0.5) is 0 Å².